The average Bonchev–Trinajstić information content (AvgIpc) is 2.77. The fourth-order valence-corrected chi connectivity index (χ4v) is 4.69. The summed E-state index contributed by atoms with van der Waals surface area (Å²) in [7, 11) is 0. The van der Waals surface area contributed by atoms with Crippen LogP contribution >= 0.6 is 11.3 Å². The minimum Gasteiger partial charge on any atom is -0.393 e. The Labute approximate surface area is 130 Å². The average molecular weight is 307 g/mol. The van der Waals surface area contributed by atoms with E-state index in [1.54, 1.807) is 11.3 Å². The van der Waals surface area contributed by atoms with Gasteiger partial charge in [-0.1, -0.05) is 19.3 Å². The largest absolute Gasteiger partial charge is 0.393 e. The fraction of sp³-hybridized carbons (Fsp3) is 0.706. The maximum absolute atomic E-state index is 12.3. The van der Waals surface area contributed by atoms with Gasteiger partial charge in [0.15, 0.2) is 0 Å². The number of carbonyl (C=O) groups is 1. The van der Waals surface area contributed by atoms with Crippen LogP contribution in [0.3, 0.4) is 0 Å². The summed E-state index contributed by atoms with van der Waals surface area (Å²) >= 11 is 1.67. The van der Waals surface area contributed by atoms with Gasteiger partial charge >= 0.3 is 0 Å². The molecule has 1 aromatic rings. The maximum atomic E-state index is 12.3. The zero-order valence-electron chi connectivity index (χ0n) is 12.6. The Kier molecular flexibility index (Phi) is 4.96. The third-order valence-electron chi connectivity index (χ3n) is 4.86. The highest BCUT2D eigenvalue weighted by Crippen LogP contribution is 2.29. The van der Waals surface area contributed by atoms with Gasteiger partial charge in [0, 0.05) is 17.3 Å². The smallest absolute Gasteiger partial charge is 0.261 e. The maximum Gasteiger partial charge on any atom is 0.261 e. The van der Waals surface area contributed by atoms with Crippen LogP contribution in [0.5, 0.6) is 0 Å². The topological polar surface area (TPSA) is 49.3 Å². The Morgan fingerprint density at radius 1 is 1.19 bits per heavy atom. The molecular weight excluding hydrogens is 282 g/mol. The molecule has 3 rings (SSSR count). The molecule has 2 aliphatic rings. The van der Waals surface area contributed by atoms with Crippen LogP contribution in [0.15, 0.2) is 6.07 Å². The highest BCUT2D eigenvalue weighted by molar-refractivity contribution is 7.14. The zero-order chi connectivity index (χ0) is 14.7. The number of carbonyl (C=O) groups excluding carboxylic acids is 1. The molecule has 4 heteroatoms. The van der Waals surface area contributed by atoms with E-state index >= 15 is 0 Å². The van der Waals surface area contributed by atoms with Crippen LogP contribution in [0.1, 0.15) is 65.1 Å². The van der Waals surface area contributed by atoms with Gasteiger partial charge < -0.3 is 10.4 Å². The van der Waals surface area contributed by atoms with Crippen LogP contribution in [0.4, 0.5) is 0 Å². The van der Waals surface area contributed by atoms with Crippen LogP contribution in [-0.4, -0.2) is 23.7 Å². The minimum absolute atomic E-state index is 0.0471. The van der Waals surface area contributed by atoms with E-state index in [1.165, 1.54) is 36.1 Å². The highest BCUT2D eigenvalue weighted by atomic mass is 32.1. The van der Waals surface area contributed by atoms with Crippen LogP contribution < -0.4 is 5.32 Å². The molecule has 0 radical (unpaired) electrons. The number of nitrogens with one attached hydrogen (secondary N) is 1. The van der Waals surface area contributed by atoms with E-state index in [2.05, 4.69) is 11.4 Å². The van der Waals surface area contributed by atoms with Crippen molar-refractivity contribution in [1.29, 1.82) is 0 Å². The predicted octanol–water partition coefficient (Wildman–Crippen LogP) is 3.30. The van der Waals surface area contributed by atoms with E-state index in [1.807, 2.05) is 0 Å². The van der Waals surface area contributed by atoms with Gasteiger partial charge in [0.1, 0.15) is 0 Å². The first-order chi connectivity index (χ1) is 10.2. The number of thiophene rings is 1. The Bertz CT molecular complexity index is 473. The molecule has 116 valence electrons. The Morgan fingerprint density at radius 2 is 2.00 bits per heavy atom. The molecule has 1 amide bonds. The number of rotatable bonds is 3. The summed E-state index contributed by atoms with van der Waals surface area (Å²) < 4.78 is 0. The molecule has 1 heterocycles. The standard InChI is InChI=1S/C17H25NO2S/c19-14-8-5-4-7-13(14)11-18-17(20)16-10-12-6-2-1-3-9-15(12)21-16/h10,13-14,19H,1-9,11H2,(H,18,20). The van der Waals surface area contributed by atoms with E-state index < -0.39 is 0 Å². The summed E-state index contributed by atoms with van der Waals surface area (Å²) in [6.45, 7) is 0.614. The predicted molar refractivity (Wildman–Crippen MR) is 85.9 cm³/mol. The Hall–Kier alpha value is -0.870. The molecule has 1 fully saturated rings. The summed E-state index contributed by atoms with van der Waals surface area (Å²) in [5, 5.41) is 13.0. The third-order valence-corrected chi connectivity index (χ3v) is 6.10. The number of hydrogen-bond donors (Lipinski definition) is 2. The van der Waals surface area contributed by atoms with Gasteiger partial charge in [-0.3, -0.25) is 4.79 Å². The molecule has 2 aliphatic carbocycles. The van der Waals surface area contributed by atoms with Crippen LogP contribution in [0, 0.1) is 5.92 Å². The number of amides is 1. The second-order valence-corrected chi connectivity index (χ2v) is 7.58. The fourth-order valence-electron chi connectivity index (χ4n) is 3.52. The lowest BCUT2D eigenvalue weighted by molar-refractivity contribution is 0.0664. The van der Waals surface area contributed by atoms with Crippen molar-refractivity contribution in [1.82, 2.24) is 5.32 Å². The van der Waals surface area contributed by atoms with Crippen molar-refractivity contribution in [2.24, 2.45) is 5.92 Å². The number of aliphatic hydroxyl groups excluding tert-OH is 1. The molecule has 2 atom stereocenters. The molecule has 1 aromatic heterocycles. The molecule has 1 saturated carbocycles. The first kappa shape index (κ1) is 15.0. The van der Waals surface area contributed by atoms with Gasteiger partial charge in [0.25, 0.3) is 5.91 Å². The van der Waals surface area contributed by atoms with Crippen LogP contribution in [-0.2, 0) is 12.8 Å². The third kappa shape index (κ3) is 3.67. The molecule has 3 nitrogen and oxygen atoms in total. The van der Waals surface area contributed by atoms with Gasteiger partial charge in [0.05, 0.1) is 11.0 Å². The summed E-state index contributed by atoms with van der Waals surface area (Å²) in [5.74, 6) is 0.284. The van der Waals surface area contributed by atoms with Crippen molar-refractivity contribution in [3.8, 4) is 0 Å². The van der Waals surface area contributed by atoms with Crippen molar-refractivity contribution in [3.63, 3.8) is 0 Å². The summed E-state index contributed by atoms with van der Waals surface area (Å²) in [6, 6.07) is 2.10. The van der Waals surface area contributed by atoms with E-state index in [0.717, 1.165) is 37.0 Å². The van der Waals surface area contributed by atoms with Crippen LogP contribution in [0.25, 0.3) is 0 Å². The van der Waals surface area contributed by atoms with Crippen molar-refractivity contribution in [3.05, 3.63) is 21.4 Å². The van der Waals surface area contributed by atoms with E-state index in [0.29, 0.717) is 6.54 Å². The summed E-state index contributed by atoms with van der Waals surface area (Å²) in [6.07, 6.45) is 10.0. The SMILES string of the molecule is O=C(NCC1CCCCC1O)c1cc2c(s1)CCCCC2. The lowest BCUT2D eigenvalue weighted by atomic mass is 9.86. The van der Waals surface area contributed by atoms with Gasteiger partial charge in [-0.2, -0.15) is 0 Å². The molecule has 2 N–H and O–H groups in total. The molecule has 0 aliphatic heterocycles. The number of aryl methyl sites for hydroxylation is 2. The Balaban J connectivity index is 1.58. The molecule has 0 aromatic carbocycles. The van der Waals surface area contributed by atoms with Gasteiger partial charge in [-0.05, 0) is 50.2 Å². The van der Waals surface area contributed by atoms with Gasteiger partial charge in [-0.15, -0.1) is 11.3 Å². The highest BCUT2D eigenvalue weighted by Gasteiger charge is 2.24. The second-order valence-electron chi connectivity index (χ2n) is 6.44. The first-order valence-electron chi connectivity index (χ1n) is 8.32. The van der Waals surface area contributed by atoms with Crippen molar-refractivity contribution < 1.29 is 9.90 Å². The summed E-state index contributed by atoms with van der Waals surface area (Å²) in [4.78, 5) is 14.6. The second kappa shape index (κ2) is 6.93. The first-order valence-corrected chi connectivity index (χ1v) is 9.13. The number of fused-ring (bicyclic) bond motifs is 1. The zero-order valence-corrected chi connectivity index (χ0v) is 13.4. The molecule has 0 bridgehead atoms. The van der Waals surface area contributed by atoms with Crippen molar-refractivity contribution in [2.45, 2.75) is 63.9 Å². The van der Waals surface area contributed by atoms with Crippen molar-refractivity contribution >= 4 is 17.2 Å². The summed E-state index contributed by atoms with van der Waals surface area (Å²) in [5.41, 5.74) is 1.39. The number of hydrogen-bond acceptors (Lipinski definition) is 3. The van der Waals surface area contributed by atoms with E-state index in [-0.39, 0.29) is 17.9 Å². The van der Waals surface area contributed by atoms with Crippen LogP contribution in [0.2, 0.25) is 0 Å². The quantitative estimate of drug-likeness (QED) is 0.842. The van der Waals surface area contributed by atoms with Crippen molar-refractivity contribution in [2.75, 3.05) is 6.54 Å². The lowest BCUT2D eigenvalue weighted by Crippen LogP contribution is -2.36. The monoisotopic (exact) mass is 307 g/mol. The minimum atomic E-state index is -0.237. The van der Waals surface area contributed by atoms with Gasteiger partial charge in [-0.25, -0.2) is 0 Å². The molecule has 21 heavy (non-hydrogen) atoms. The lowest BCUT2D eigenvalue weighted by Gasteiger charge is -2.27. The molecule has 0 spiro atoms. The molecule has 0 saturated heterocycles. The number of aliphatic hydroxyl groups is 1. The molecule has 2 unspecified atom stereocenters. The van der Waals surface area contributed by atoms with E-state index in [9.17, 15) is 9.90 Å². The van der Waals surface area contributed by atoms with E-state index in [4.69, 9.17) is 0 Å². The molecular formula is C17H25NO2S. The van der Waals surface area contributed by atoms with Gasteiger partial charge in [0.2, 0.25) is 0 Å². The normalized spacial score (nSPS) is 26.0. The Morgan fingerprint density at radius 3 is 2.86 bits per heavy atom.